The molecule has 1 fully saturated rings. The average Bonchev–Trinajstić information content (AvgIpc) is 1.97. The zero-order chi connectivity index (χ0) is 9.68. The second kappa shape index (κ2) is 5.63. The highest BCUT2D eigenvalue weighted by Crippen LogP contribution is 2.29. The molecule has 1 N–H and O–H groups in total. The van der Waals surface area contributed by atoms with Crippen LogP contribution in [0.3, 0.4) is 0 Å². The standard InChI is InChI=1S/C10H18BrNO/c1-8(5-6-11)12-10(13)7-9-3-2-4-9/h8-9H,2-7H2,1H3,(H,12,13). The molecule has 0 saturated heterocycles. The number of halogens is 1. The highest BCUT2D eigenvalue weighted by Gasteiger charge is 2.20. The largest absolute Gasteiger partial charge is 0.354 e. The SMILES string of the molecule is CC(CCBr)NC(=O)CC1CCC1. The van der Waals surface area contributed by atoms with E-state index in [9.17, 15) is 4.79 Å². The molecule has 3 heteroatoms. The highest BCUT2D eigenvalue weighted by atomic mass is 79.9. The zero-order valence-electron chi connectivity index (χ0n) is 8.18. The van der Waals surface area contributed by atoms with Crippen molar-refractivity contribution >= 4 is 21.8 Å². The molecule has 2 nitrogen and oxygen atoms in total. The first-order valence-corrected chi connectivity index (χ1v) is 6.20. The van der Waals surface area contributed by atoms with Crippen molar-refractivity contribution in [1.82, 2.24) is 5.32 Å². The van der Waals surface area contributed by atoms with Gasteiger partial charge in [0.05, 0.1) is 0 Å². The molecular formula is C10H18BrNO. The third-order valence-electron chi connectivity index (χ3n) is 2.65. The van der Waals surface area contributed by atoms with Gasteiger partial charge in [-0.1, -0.05) is 22.4 Å². The first-order valence-electron chi connectivity index (χ1n) is 5.07. The Kier molecular flexibility index (Phi) is 4.78. The van der Waals surface area contributed by atoms with Crippen LogP contribution in [0.25, 0.3) is 0 Å². The summed E-state index contributed by atoms with van der Waals surface area (Å²) >= 11 is 3.36. The van der Waals surface area contributed by atoms with Gasteiger partial charge < -0.3 is 5.32 Å². The number of carbonyl (C=O) groups is 1. The van der Waals surface area contributed by atoms with Crippen LogP contribution in [0.5, 0.6) is 0 Å². The smallest absolute Gasteiger partial charge is 0.220 e. The fourth-order valence-electron chi connectivity index (χ4n) is 1.53. The van der Waals surface area contributed by atoms with Crippen LogP contribution >= 0.6 is 15.9 Å². The van der Waals surface area contributed by atoms with E-state index in [4.69, 9.17) is 0 Å². The van der Waals surface area contributed by atoms with E-state index >= 15 is 0 Å². The average molecular weight is 248 g/mol. The van der Waals surface area contributed by atoms with Gasteiger partial charge >= 0.3 is 0 Å². The Morgan fingerprint density at radius 2 is 2.31 bits per heavy atom. The monoisotopic (exact) mass is 247 g/mol. The van der Waals surface area contributed by atoms with Crippen molar-refractivity contribution in [3.63, 3.8) is 0 Å². The highest BCUT2D eigenvalue weighted by molar-refractivity contribution is 9.09. The van der Waals surface area contributed by atoms with Crippen molar-refractivity contribution in [3.05, 3.63) is 0 Å². The van der Waals surface area contributed by atoms with Gasteiger partial charge in [-0.05, 0) is 32.1 Å². The minimum atomic E-state index is 0.234. The molecule has 0 bridgehead atoms. The second-order valence-electron chi connectivity index (χ2n) is 3.95. The molecule has 1 aliphatic carbocycles. The summed E-state index contributed by atoms with van der Waals surface area (Å²) in [5.41, 5.74) is 0. The molecular weight excluding hydrogens is 230 g/mol. The maximum atomic E-state index is 11.4. The molecule has 0 aromatic carbocycles. The van der Waals surface area contributed by atoms with Gasteiger partial charge in [0, 0.05) is 17.8 Å². The lowest BCUT2D eigenvalue weighted by molar-refractivity contribution is -0.123. The summed E-state index contributed by atoms with van der Waals surface area (Å²) < 4.78 is 0. The fourth-order valence-corrected chi connectivity index (χ4v) is 2.22. The molecule has 13 heavy (non-hydrogen) atoms. The van der Waals surface area contributed by atoms with E-state index < -0.39 is 0 Å². The Hall–Kier alpha value is -0.0500. The van der Waals surface area contributed by atoms with Crippen molar-refractivity contribution in [2.45, 2.75) is 45.1 Å². The first kappa shape index (κ1) is 11.0. The van der Waals surface area contributed by atoms with Gasteiger partial charge in [-0.25, -0.2) is 0 Å². The number of nitrogens with one attached hydrogen (secondary N) is 1. The quantitative estimate of drug-likeness (QED) is 0.744. The lowest BCUT2D eigenvalue weighted by atomic mass is 9.83. The fraction of sp³-hybridized carbons (Fsp3) is 0.900. The molecule has 1 atom stereocenters. The van der Waals surface area contributed by atoms with Gasteiger partial charge in [0.2, 0.25) is 5.91 Å². The van der Waals surface area contributed by atoms with E-state index in [1.165, 1.54) is 19.3 Å². The van der Waals surface area contributed by atoms with E-state index in [2.05, 4.69) is 28.2 Å². The van der Waals surface area contributed by atoms with Gasteiger partial charge in [0.25, 0.3) is 0 Å². The van der Waals surface area contributed by atoms with Crippen LogP contribution < -0.4 is 5.32 Å². The Labute approximate surface area is 88.6 Å². The van der Waals surface area contributed by atoms with Gasteiger partial charge in [0.1, 0.15) is 0 Å². The van der Waals surface area contributed by atoms with E-state index in [1.54, 1.807) is 0 Å². The topological polar surface area (TPSA) is 29.1 Å². The molecule has 1 saturated carbocycles. The molecule has 0 aromatic rings. The predicted octanol–water partition coefficient (Wildman–Crippen LogP) is 2.47. The molecule has 0 aliphatic heterocycles. The Morgan fingerprint density at radius 3 is 2.77 bits per heavy atom. The maximum absolute atomic E-state index is 11.4. The Morgan fingerprint density at radius 1 is 1.62 bits per heavy atom. The second-order valence-corrected chi connectivity index (χ2v) is 4.74. The number of hydrogen-bond acceptors (Lipinski definition) is 1. The third kappa shape index (κ3) is 4.12. The van der Waals surface area contributed by atoms with Gasteiger partial charge in [-0.3, -0.25) is 4.79 Å². The summed E-state index contributed by atoms with van der Waals surface area (Å²) in [5.74, 6) is 0.911. The number of hydrogen-bond donors (Lipinski definition) is 1. The van der Waals surface area contributed by atoms with Crippen molar-refractivity contribution < 1.29 is 4.79 Å². The van der Waals surface area contributed by atoms with Gasteiger partial charge in [-0.2, -0.15) is 0 Å². The number of rotatable bonds is 5. The predicted molar refractivity (Wildman–Crippen MR) is 58.0 cm³/mol. The number of amides is 1. The van der Waals surface area contributed by atoms with Crippen molar-refractivity contribution in [2.75, 3.05) is 5.33 Å². The van der Waals surface area contributed by atoms with Gasteiger partial charge in [-0.15, -0.1) is 0 Å². The molecule has 0 spiro atoms. The zero-order valence-corrected chi connectivity index (χ0v) is 9.77. The molecule has 1 aliphatic rings. The van der Waals surface area contributed by atoms with Crippen LogP contribution in [0.15, 0.2) is 0 Å². The van der Waals surface area contributed by atoms with Crippen molar-refractivity contribution in [2.24, 2.45) is 5.92 Å². The summed E-state index contributed by atoms with van der Waals surface area (Å²) in [6, 6.07) is 0.312. The van der Waals surface area contributed by atoms with Crippen LogP contribution in [0.1, 0.15) is 39.0 Å². The van der Waals surface area contributed by atoms with Crippen LogP contribution in [0.4, 0.5) is 0 Å². The van der Waals surface area contributed by atoms with E-state index in [-0.39, 0.29) is 5.91 Å². The van der Waals surface area contributed by atoms with E-state index in [0.29, 0.717) is 12.0 Å². The van der Waals surface area contributed by atoms with Crippen molar-refractivity contribution in [1.29, 1.82) is 0 Å². The summed E-state index contributed by atoms with van der Waals surface area (Å²) in [6.45, 7) is 2.06. The lowest BCUT2D eigenvalue weighted by Gasteiger charge is -2.25. The van der Waals surface area contributed by atoms with Gasteiger partial charge in [0.15, 0.2) is 0 Å². The molecule has 76 valence electrons. The first-order chi connectivity index (χ1) is 6.22. The molecule has 0 aromatic heterocycles. The third-order valence-corrected chi connectivity index (χ3v) is 3.11. The molecule has 1 amide bonds. The maximum Gasteiger partial charge on any atom is 0.220 e. The normalized spacial score (nSPS) is 19.2. The molecule has 0 heterocycles. The minimum Gasteiger partial charge on any atom is -0.354 e. The molecule has 1 rings (SSSR count). The van der Waals surface area contributed by atoms with E-state index in [0.717, 1.165) is 18.2 Å². The summed E-state index contributed by atoms with van der Waals surface area (Å²) in [4.78, 5) is 11.4. The Balaban J connectivity index is 2.08. The Bertz CT molecular complexity index is 168. The minimum absolute atomic E-state index is 0.234. The van der Waals surface area contributed by atoms with Crippen LogP contribution in [0, 0.1) is 5.92 Å². The number of alkyl halides is 1. The summed E-state index contributed by atoms with van der Waals surface area (Å²) in [5, 5.41) is 3.97. The molecule has 0 radical (unpaired) electrons. The van der Waals surface area contributed by atoms with Crippen LogP contribution in [-0.2, 0) is 4.79 Å². The summed E-state index contributed by atoms with van der Waals surface area (Å²) in [6.07, 6.45) is 5.57. The van der Waals surface area contributed by atoms with E-state index in [1.807, 2.05) is 0 Å². The molecule has 1 unspecified atom stereocenters. The lowest BCUT2D eigenvalue weighted by Crippen LogP contribution is -2.34. The van der Waals surface area contributed by atoms with Crippen LogP contribution in [0.2, 0.25) is 0 Å². The number of carbonyl (C=O) groups excluding carboxylic acids is 1. The van der Waals surface area contributed by atoms with Crippen molar-refractivity contribution in [3.8, 4) is 0 Å². The van der Waals surface area contributed by atoms with Crippen LogP contribution in [-0.4, -0.2) is 17.3 Å². The summed E-state index contributed by atoms with van der Waals surface area (Å²) in [7, 11) is 0.